The van der Waals surface area contributed by atoms with Crippen molar-refractivity contribution in [3.8, 4) is 0 Å². The molecule has 1 fully saturated rings. The molecule has 5 nitrogen and oxygen atoms in total. The molecule has 2 aromatic heterocycles. The van der Waals surface area contributed by atoms with Gasteiger partial charge in [-0.1, -0.05) is 5.16 Å². The van der Waals surface area contributed by atoms with Crippen LogP contribution in [-0.4, -0.2) is 27.5 Å². The lowest BCUT2D eigenvalue weighted by Crippen LogP contribution is -2.39. The Morgan fingerprint density at radius 3 is 3.00 bits per heavy atom. The van der Waals surface area contributed by atoms with Crippen molar-refractivity contribution in [2.24, 2.45) is 0 Å². The van der Waals surface area contributed by atoms with Gasteiger partial charge in [-0.05, 0) is 33.1 Å². The van der Waals surface area contributed by atoms with Crippen molar-refractivity contribution in [2.45, 2.75) is 45.6 Å². The molecule has 3 heterocycles. The lowest BCUT2D eigenvalue weighted by atomic mass is 9.98. The van der Waals surface area contributed by atoms with E-state index in [4.69, 9.17) is 4.52 Å². The van der Waals surface area contributed by atoms with E-state index in [1.807, 2.05) is 30.2 Å². The van der Waals surface area contributed by atoms with E-state index < -0.39 is 0 Å². The van der Waals surface area contributed by atoms with Gasteiger partial charge in [-0.3, -0.25) is 4.79 Å². The van der Waals surface area contributed by atoms with Crippen LogP contribution in [0.25, 0.3) is 0 Å². The van der Waals surface area contributed by atoms with Crippen LogP contribution in [0.1, 0.15) is 47.5 Å². The molecule has 1 atom stereocenters. The van der Waals surface area contributed by atoms with Gasteiger partial charge in [-0.2, -0.15) is 0 Å². The zero-order valence-corrected chi connectivity index (χ0v) is 13.2. The Balaban J connectivity index is 1.75. The van der Waals surface area contributed by atoms with Crippen molar-refractivity contribution in [3.63, 3.8) is 0 Å². The molecule has 1 aliphatic rings. The van der Waals surface area contributed by atoms with Gasteiger partial charge in [0.05, 0.1) is 23.2 Å². The van der Waals surface area contributed by atoms with E-state index in [-0.39, 0.29) is 11.9 Å². The van der Waals surface area contributed by atoms with Crippen LogP contribution in [0.5, 0.6) is 0 Å². The van der Waals surface area contributed by atoms with Gasteiger partial charge < -0.3 is 9.42 Å². The zero-order valence-electron chi connectivity index (χ0n) is 12.3. The van der Waals surface area contributed by atoms with Gasteiger partial charge in [0.2, 0.25) is 5.91 Å². The first kappa shape index (κ1) is 14.3. The number of rotatable bonds is 3. The van der Waals surface area contributed by atoms with Crippen molar-refractivity contribution in [1.82, 2.24) is 15.0 Å². The summed E-state index contributed by atoms with van der Waals surface area (Å²) >= 11 is 1.58. The van der Waals surface area contributed by atoms with Gasteiger partial charge in [0.1, 0.15) is 11.5 Å². The lowest BCUT2D eigenvalue weighted by Gasteiger charge is -2.34. The van der Waals surface area contributed by atoms with E-state index in [1.165, 1.54) is 0 Å². The molecule has 1 unspecified atom stereocenters. The zero-order chi connectivity index (χ0) is 14.8. The molecule has 2 aromatic rings. The predicted molar refractivity (Wildman–Crippen MR) is 80.1 cm³/mol. The van der Waals surface area contributed by atoms with E-state index in [0.717, 1.165) is 48.0 Å². The summed E-state index contributed by atoms with van der Waals surface area (Å²) in [7, 11) is 0. The maximum Gasteiger partial charge on any atom is 0.229 e. The highest BCUT2D eigenvalue weighted by Gasteiger charge is 2.30. The molecule has 112 valence electrons. The Hall–Kier alpha value is -1.69. The van der Waals surface area contributed by atoms with Crippen LogP contribution in [0.2, 0.25) is 0 Å². The number of amides is 1. The first-order valence-corrected chi connectivity index (χ1v) is 8.15. The second-order valence-corrected chi connectivity index (χ2v) is 6.56. The van der Waals surface area contributed by atoms with Crippen LogP contribution in [0.3, 0.4) is 0 Å². The number of hydrogen-bond donors (Lipinski definition) is 0. The minimum atomic E-state index is 0.0448. The molecular formula is C15H19N3O2S. The second-order valence-electron chi connectivity index (χ2n) is 5.50. The van der Waals surface area contributed by atoms with Crippen molar-refractivity contribution >= 4 is 17.2 Å². The summed E-state index contributed by atoms with van der Waals surface area (Å²) < 4.78 is 5.17. The fourth-order valence-electron chi connectivity index (χ4n) is 2.83. The summed E-state index contributed by atoms with van der Waals surface area (Å²) in [5.74, 6) is 0.920. The Kier molecular flexibility index (Phi) is 4.05. The first-order valence-electron chi connectivity index (χ1n) is 7.27. The van der Waals surface area contributed by atoms with E-state index in [0.29, 0.717) is 6.42 Å². The number of nitrogens with zero attached hydrogens (tertiary/aromatic N) is 3. The first-order chi connectivity index (χ1) is 10.1. The highest BCUT2D eigenvalue weighted by atomic mass is 32.1. The number of aromatic nitrogens is 2. The molecule has 21 heavy (non-hydrogen) atoms. The SMILES string of the molecule is Cc1cc(C2CCCCN2C(=O)Cc2csc(C)n2)no1. The van der Waals surface area contributed by atoms with Crippen LogP contribution in [0.4, 0.5) is 0 Å². The molecule has 1 saturated heterocycles. The number of piperidine rings is 1. The molecule has 6 heteroatoms. The fraction of sp³-hybridized carbons (Fsp3) is 0.533. The number of carbonyl (C=O) groups excluding carboxylic acids is 1. The van der Waals surface area contributed by atoms with Crippen molar-refractivity contribution in [3.05, 3.63) is 33.6 Å². The standard InChI is InChI=1S/C15H19N3O2S/c1-10-7-13(17-20-10)14-5-3-4-6-18(14)15(19)8-12-9-21-11(2)16-12/h7,9,14H,3-6,8H2,1-2H3. The van der Waals surface area contributed by atoms with Gasteiger partial charge in [-0.25, -0.2) is 4.98 Å². The third kappa shape index (κ3) is 3.15. The highest BCUT2D eigenvalue weighted by Crippen LogP contribution is 2.31. The monoisotopic (exact) mass is 305 g/mol. The van der Waals surface area contributed by atoms with Gasteiger partial charge in [-0.15, -0.1) is 11.3 Å². The third-order valence-electron chi connectivity index (χ3n) is 3.81. The molecule has 0 spiro atoms. The van der Waals surface area contributed by atoms with Gasteiger partial charge in [0, 0.05) is 18.0 Å². The summed E-state index contributed by atoms with van der Waals surface area (Å²) in [6, 6.07) is 1.98. The van der Waals surface area contributed by atoms with E-state index >= 15 is 0 Å². The normalized spacial score (nSPS) is 19.0. The molecule has 0 aliphatic carbocycles. The van der Waals surface area contributed by atoms with Crippen molar-refractivity contribution < 1.29 is 9.32 Å². The van der Waals surface area contributed by atoms with Crippen molar-refractivity contribution in [2.75, 3.05) is 6.54 Å². The van der Waals surface area contributed by atoms with Crippen LogP contribution in [-0.2, 0) is 11.2 Å². The summed E-state index contributed by atoms with van der Waals surface area (Å²) in [5, 5.41) is 7.07. The molecule has 3 rings (SSSR count). The Morgan fingerprint density at radius 1 is 1.48 bits per heavy atom. The Labute approximate surface area is 128 Å². The molecule has 0 aromatic carbocycles. The predicted octanol–water partition coefficient (Wildman–Crippen LogP) is 3.04. The van der Waals surface area contributed by atoms with Gasteiger partial charge >= 0.3 is 0 Å². The molecule has 1 aliphatic heterocycles. The molecule has 0 radical (unpaired) electrons. The molecule has 0 bridgehead atoms. The van der Waals surface area contributed by atoms with Crippen LogP contribution in [0, 0.1) is 13.8 Å². The summed E-state index contributed by atoms with van der Waals surface area (Å²) in [6.45, 7) is 4.63. The summed E-state index contributed by atoms with van der Waals surface area (Å²) in [5.41, 5.74) is 1.73. The Bertz CT molecular complexity index is 634. The molecular weight excluding hydrogens is 286 g/mol. The van der Waals surface area contributed by atoms with Crippen LogP contribution in [0.15, 0.2) is 16.0 Å². The third-order valence-corrected chi connectivity index (χ3v) is 4.63. The molecule has 1 amide bonds. The number of aryl methyl sites for hydroxylation is 2. The van der Waals surface area contributed by atoms with E-state index in [1.54, 1.807) is 11.3 Å². The average molecular weight is 305 g/mol. The van der Waals surface area contributed by atoms with Crippen LogP contribution < -0.4 is 0 Å². The number of carbonyl (C=O) groups is 1. The lowest BCUT2D eigenvalue weighted by molar-refractivity contribution is -0.134. The average Bonchev–Trinajstić information content (AvgIpc) is 3.07. The highest BCUT2D eigenvalue weighted by molar-refractivity contribution is 7.09. The maximum atomic E-state index is 12.6. The number of likely N-dealkylation sites (tertiary alicyclic amines) is 1. The Morgan fingerprint density at radius 2 is 2.33 bits per heavy atom. The van der Waals surface area contributed by atoms with Gasteiger partial charge in [0.15, 0.2) is 0 Å². The van der Waals surface area contributed by atoms with E-state index in [9.17, 15) is 4.79 Å². The number of thiazole rings is 1. The molecule has 0 saturated carbocycles. The maximum absolute atomic E-state index is 12.6. The van der Waals surface area contributed by atoms with Gasteiger partial charge in [0.25, 0.3) is 0 Å². The van der Waals surface area contributed by atoms with Crippen molar-refractivity contribution in [1.29, 1.82) is 0 Å². The largest absolute Gasteiger partial charge is 0.361 e. The quantitative estimate of drug-likeness (QED) is 0.874. The van der Waals surface area contributed by atoms with E-state index in [2.05, 4.69) is 10.1 Å². The minimum Gasteiger partial charge on any atom is -0.361 e. The minimum absolute atomic E-state index is 0.0448. The van der Waals surface area contributed by atoms with Crippen LogP contribution >= 0.6 is 11.3 Å². The number of hydrogen-bond acceptors (Lipinski definition) is 5. The fourth-order valence-corrected chi connectivity index (χ4v) is 3.44. The molecule has 0 N–H and O–H groups in total. The topological polar surface area (TPSA) is 59.2 Å². The second kappa shape index (κ2) is 5.97. The summed E-state index contributed by atoms with van der Waals surface area (Å²) in [6.07, 6.45) is 3.50. The smallest absolute Gasteiger partial charge is 0.229 e. The summed E-state index contributed by atoms with van der Waals surface area (Å²) in [4.78, 5) is 18.9.